The Labute approximate surface area is 336 Å². The molecule has 8 aromatic carbocycles. The van der Waals surface area contributed by atoms with Gasteiger partial charge in [0.05, 0.1) is 39.8 Å². The van der Waals surface area contributed by atoms with E-state index in [1.54, 1.807) is 0 Å². The van der Waals surface area contributed by atoms with Gasteiger partial charge < -0.3 is 4.42 Å². The summed E-state index contributed by atoms with van der Waals surface area (Å²) in [6, 6.07) is -23.9. The van der Waals surface area contributed by atoms with Crippen LogP contribution in [0.5, 0.6) is 0 Å². The SMILES string of the molecule is [2H]C1=C([2H])C2C([2H])=C([2H])c3cc([2H])c(-c4c([2H])c([2H])c(-c5c6c([2H])c([2H])c([2H])c([2H])c6c(-c6c([2H])c([2H])c([2H])c7oc8c9c([2H])c([2H])c([2H])c([2H])c9c([2H])c([2H])c8c67)c6c([2H])c([2H])c([2H])c([2H])c56)c([2H])c4[2H])c([2H])c3C2C([2H])=C1[2H]. The molecule has 1 nitrogen and oxygen atoms in total. The second-order valence-electron chi connectivity index (χ2n) is 11.6. The predicted octanol–water partition coefficient (Wildman–Crippen LogP) is 13.9. The highest BCUT2D eigenvalue weighted by Crippen LogP contribution is 2.48. The molecule has 2 aliphatic rings. The monoisotopic (exact) mass is 677 g/mol. The fourth-order valence-electron chi connectivity index (χ4n) is 6.69. The first-order chi connectivity index (χ1) is 37.4. The number of fused-ring (bicyclic) bond motifs is 10. The lowest BCUT2D eigenvalue weighted by atomic mass is 9.76. The molecule has 0 spiro atoms. The maximum atomic E-state index is 9.69. The third-order valence-corrected chi connectivity index (χ3v) is 8.93. The van der Waals surface area contributed by atoms with E-state index in [4.69, 9.17) is 29.1 Å². The molecule has 1 heterocycles. The van der Waals surface area contributed by atoms with Crippen LogP contribution in [0.4, 0.5) is 0 Å². The van der Waals surface area contributed by atoms with E-state index in [0.29, 0.717) is 0 Å². The summed E-state index contributed by atoms with van der Waals surface area (Å²) in [5.41, 5.74) is -6.08. The van der Waals surface area contributed by atoms with Gasteiger partial charge in [0, 0.05) is 28.0 Å². The van der Waals surface area contributed by atoms with Gasteiger partial charge in [-0.05, 0) is 89.6 Å². The van der Waals surface area contributed by atoms with Crippen molar-refractivity contribution in [3.05, 3.63) is 186 Å². The summed E-state index contributed by atoms with van der Waals surface area (Å²) < 4.78 is 269. The van der Waals surface area contributed by atoms with Gasteiger partial charge in [0.25, 0.3) is 0 Å². The Bertz CT molecular complexity index is 4530. The van der Waals surface area contributed by atoms with Crippen molar-refractivity contribution in [2.45, 2.75) is 5.92 Å². The zero-order valence-corrected chi connectivity index (χ0v) is 25.6. The van der Waals surface area contributed by atoms with E-state index in [2.05, 4.69) is 0 Å². The van der Waals surface area contributed by atoms with Crippen LogP contribution < -0.4 is 0 Å². The average molecular weight is 678 g/mol. The average Bonchev–Trinajstić information content (AvgIpc) is 4.01. The van der Waals surface area contributed by atoms with Gasteiger partial charge >= 0.3 is 0 Å². The molecular formula is C50H32O. The van der Waals surface area contributed by atoms with Crippen molar-refractivity contribution in [3.63, 3.8) is 0 Å². The van der Waals surface area contributed by atoms with E-state index in [0.717, 1.165) is 6.07 Å². The highest BCUT2D eigenvalue weighted by atomic mass is 16.3. The van der Waals surface area contributed by atoms with Crippen molar-refractivity contribution in [2.75, 3.05) is 0 Å². The summed E-state index contributed by atoms with van der Waals surface area (Å²) in [5.74, 6) is -3.02. The minimum atomic E-state index is -1.52. The smallest absolute Gasteiger partial charge is 0.143 e. The van der Waals surface area contributed by atoms with Gasteiger partial charge in [-0.3, -0.25) is 0 Å². The molecule has 0 amide bonds. The molecule has 0 bridgehead atoms. The molecule has 2 aliphatic carbocycles. The summed E-state index contributed by atoms with van der Waals surface area (Å²) in [7, 11) is 0. The molecule has 11 rings (SSSR count). The standard InChI is InChI=1S/C50H32O/c1-3-12-37-32(10-1)22-23-34-24-27-36(30-45(34)37)31-20-25-35(26-21-31)47-39-14-5-7-16-41(39)48(42-17-8-6-15-40(42)47)43-18-9-19-46-49(43)44-29-28-33-11-2-4-13-38(33)50(44)51-46/h1-30,32,37H/i1D,2D,3D,4D,5D,6D,7D,8D,9D,10D,11D,12D,13D,14D,15D,16D,17D,18D,19D,20D,21D,22D,23D,25D,26D,27D,28D,29D,30D. The Balaban J connectivity index is 1.34. The highest BCUT2D eigenvalue weighted by Gasteiger charge is 2.25. The first-order valence-electron chi connectivity index (χ1n) is 30.0. The number of allylic oxidation sites excluding steroid dienone is 5. The molecule has 0 saturated carbocycles. The van der Waals surface area contributed by atoms with Crippen molar-refractivity contribution in [2.24, 2.45) is 5.92 Å². The fraction of sp³-hybridized carbons (Fsp3) is 0.0400. The Morgan fingerprint density at radius 3 is 1.98 bits per heavy atom. The Morgan fingerprint density at radius 1 is 0.510 bits per heavy atom. The first kappa shape index (κ1) is 12.1. The molecule has 2 unspecified atom stereocenters. The molecule has 1 heteroatoms. The van der Waals surface area contributed by atoms with Gasteiger partial charge in [-0.2, -0.15) is 0 Å². The predicted molar refractivity (Wildman–Crippen MR) is 216 cm³/mol. The van der Waals surface area contributed by atoms with Crippen LogP contribution in [0.15, 0.2) is 180 Å². The molecule has 0 fully saturated rings. The van der Waals surface area contributed by atoms with Gasteiger partial charge in [0.1, 0.15) is 11.2 Å². The van der Waals surface area contributed by atoms with Crippen LogP contribution >= 0.6 is 0 Å². The van der Waals surface area contributed by atoms with Crippen molar-refractivity contribution in [1.29, 1.82) is 0 Å². The summed E-state index contributed by atoms with van der Waals surface area (Å²) in [5, 5.41) is -4.94. The van der Waals surface area contributed by atoms with E-state index in [-0.39, 0.29) is 11.1 Å². The second-order valence-corrected chi connectivity index (χ2v) is 11.6. The lowest BCUT2D eigenvalue weighted by molar-refractivity contribution is 0.673. The van der Waals surface area contributed by atoms with Crippen LogP contribution in [0.25, 0.3) is 93.7 Å². The van der Waals surface area contributed by atoms with E-state index in [1.807, 2.05) is 0 Å². The van der Waals surface area contributed by atoms with E-state index >= 15 is 0 Å². The maximum absolute atomic E-state index is 9.69. The van der Waals surface area contributed by atoms with Crippen LogP contribution in [0.3, 0.4) is 0 Å². The molecule has 9 aromatic rings. The van der Waals surface area contributed by atoms with Gasteiger partial charge in [0.2, 0.25) is 0 Å². The lowest BCUT2D eigenvalue weighted by Gasteiger charge is -2.28. The molecule has 1 aromatic heterocycles. The summed E-state index contributed by atoms with van der Waals surface area (Å²) in [6.45, 7) is 0. The van der Waals surface area contributed by atoms with Crippen molar-refractivity contribution in [3.8, 4) is 33.4 Å². The zero-order valence-electron chi connectivity index (χ0n) is 54.6. The highest BCUT2D eigenvalue weighted by molar-refractivity contribution is 6.27. The van der Waals surface area contributed by atoms with E-state index in [9.17, 15) is 15.1 Å². The van der Waals surface area contributed by atoms with Crippen LogP contribution in [-0.4, -0.2) is 0 Å². The molecule has 0 radical (unpaired) electrons. The summed E-state index contributed by atoms with van der Waals surface area (Å²) >= 11 is 0. The number of furan rings is 1. The van der Waals surface area contributed by atoms with Crippen molar-refractivity contribution in [1.82, 2.24) is 0 Å². The van der Waals surface area contributed by atoms with Gasteiger partial charge in [-0.1, -0.05) is 163 Å². The van der Waals surface area contributed by atoms with Crippen LogP contribution in [0, 0.1) is 5.92 Å². The maximum Gasteiger partial charge on any atom is 0.143 e. The van der Waals surface area contributed by atoms with Crippen molar-refractivity contribution < 1.29 is 44.2 Å². The quantitative estimate of drug-likeness (QED) is 0.170. The minimum Gasteiger partial charge on any atom is -0.455 e. The van der Waals surface area contributed by atoms with Crippen molar-refractivity contribution >= 4 is 60.3 Å². The molecule has 238 valence electrons. The van der Waals surface area contributed by atoms with Crippen LogP contribution in [0.2, 0.25) is 0 Å². The zero-order chi connectivity index (χ0) is 58.7. The first-order valence-corrected chi connectivity index (χ1v) is 15.5. The fourth-order valence-corrected chi connectivity index (χ4v) is 6.69. The van der Waals surface area contributed by atoms with E-state index < -0.39 is 275 Å². The Hall–Kier alpha value is -6.44. The topological polar surface area (TPSA) is 13.1 Å². The minimum absolute atomic E-state index is 0.242. The molecule has 51 heavy (non-hydrogen) atoms. The molecule has 0 saturated heterocycles. The Morgan fingerprint density at radius 2 is 1.20 bits per heavy atom. The van der Waals surface area contributed by atoms with Crippen LogP contribution in [0.1, 0.15) is 56.8 Å². The molecular weight excluding hydrogens is 617 g/mol. The third kappa shape index (κ3) is 4.28. The number of hydrogen-bond donors (Lipinski definition) is 0. The third-order valence-electron chi connectivity index (χ3n) is 8.93. The summed E-state index contributed by atoms with van der Waals surface area (Å²) in [6.07, 6.45) is 0. The number of hydrogen-bond acceptors (Lipinski definition) is 1. The van der Waals surface area contributed by atoms with Crippen LogP contribution in [-0.2, 0) is 0 Å². The van der Waals surface area contributed by atoms with Gasteiger partial charge in [0.15, 0.2) is 0 Å². The van der Waals surface area contributed by atoms with E-state index in [1.165, 1.54) is 0 Å². The van der Waals surface area contributed by atoms with Gasteiger partial charge in [-0.25, -0.2) is 0 Å². The Kier molecular flexibility index (Phi) is 2.62. The molecule has 0 aliphatic heterocycles. The molecule has 2 atom stereocenters. The van der Waals surface area contributed by atoms with Gasteiger partial charge in [-0.15, -0.1) is 0 Å². The summed E-state index contributed by atoms with van der Waals surface area (Å²) in [4.78, 5) is 0. The number of rotatable bonds is 3. The molecule has 0 N–H and O–H groups in total. The number of benzene rings is 8. The normalized spacial score (nSPS) is 25.5. The second kappa shape index (κ2) is 11.0. The lowest BCUT2D eigenvalue weighted by Crippen LogP contribution is -2.13. The largest absolute Gasteiger partial charge is 0.455 e.